The summed E-state index contributed by atoms with van der Waals surface area (Å²) in [4.78, 5) is 15.4. The molecule has 3 aromatic rings. The Morgan fingerprint density at radius 1 is 1.24 bits per heavy atom. The Hall–Kier alpha value is -2.89. The SMILES string of the molecule is COc1ccc(-c2ccc(CCC(=O)O)cc2)n2nc(C3CC3)nc12. The molecule has 0 saturated heterocycles. The summed E-state index contributed by atoms with van der Waals surface area (Å²) in [7, 11) is 1.64. The van der Waals surface area contributed by atoms with Crippen molar-refractivity contribution in [2.24, 2.45) is 0 Å². The number of aryl methyl sites for hydroxylation is 1. The summed E-state index contributed by atoms with van der Waals surface area (Å²) >= 11 is 0. The van der Waals surface area contributed by atoms with E-state index >= 15 is 0 Å². The largest absolute Gasteiger partial charge is 0.493 e. The summed E-state index contributed by atoms with van der Waals surface area (Å²) in [5, 5.41) is 13.5. The van der Waals surface area contributed by atoms with E-state index in [0.29, 0.717) is 18.1 Å². The third-order valence-corrected chi connectivity index (χ3v) is 4.50. The van der Waals surface area contributed by atoms with E-state index in [4.69, 9.17) is 9.84 Å². The zero-order valence-corrected chi connectivity index (χ0v) is 14.0. The fourth-order valence-electron chi connectivity index (χ4n) is 2.94. The van der Waals surface area contributed by atoms with E-state index in [0.717, 1.165) is 41.1 Å². The topological polar surface area (TPSA) is 76.7 Å². The molecular formula is C19H19N3O3. The maximum absolute atomic E-state index is 10.7. The Morgan fingerprint density at radius 3 is 2.64 bits per heavy atom. The number of aliphatic carboxylic acids is 1. The van der Waals surface area contributed by atoms with Crippen LogP contribution in [0, 0.1) is 0 Å². The van der Waals surface area contributed by atoms with Crippen molar-refractivity contribution in [1.29, 1.82) is 0 Å². The number of ether oxygens (including phenoxy) is 1. The highest BCUT2D eigenvalue weighted by Crippen LogP contribution is 2.39. The lowest BCUT2D eigenvalue weighted by molar-refractivity contribution is -0.136. The molecule has 1 aliphatic rings. The monoisotopic (exact) mass is 337 g/mol. The predicted octanol–water partition coefficient (Wildman–Crippen LogP) is 3.30. The normalized spacial score (nSPS) is 14.0. The molecule has 0 radical (unpaired) electrons. The molecule has 128 valence electrons. The van der Waals surface area contributed by atoms with Crippen LogP contribution in [-0.4, -0.2) is 32.8 Å². The van der Waals surface area contributed by atoms with Crippen LogP contribution in [0.2, 0.25) is 0 Å². The molecule has 0 bridgehead atoms. The standard InChI is InChI=1S/C19H19N3O3/c1-25-16-10-9-15(22-19(16)20-18(21-22)14-7-8-14)13-5-2-12(3-6-13)4-11-17(23)24/h2-3,5-6,9-10,14H,4,7-8,11H2,1H3,(H,23,24). The van der Waals surface area contributed by atoms with Crippen molar-refractivity contribution in [2.75, 3.05) is 7.11 Å². The molecule has 6 nitrogen and oxygen atoms in total. The first-order valence-corrected chi connectivity index (χ1v) is 8.40. The molecule has 25 heavy (non-hydrogen) atoms. The molecule has 1 aromatic carbocycles. The van der Waals surface area contributed by atoms with Crippen LogP contribution in [0.15, 0.2) is 36.4 Å². The van der Waals surface area contributed by atoms with Gasteiger partial charge in [-0.2, -0.15) is 5.10 Å². The minimum absolute atomic E-state index is 0.139. The van der Waals surface area contributed by atoms with Crippen LogP contribution in [0.25, 0.3) is 16.9 Å². The van der Waals surface area contributed by atoms with E-state index in [9.17, 15) is 4.79 Å². The van der Waals surface area contributed by atoms with Crippen molar-refractivity contribution in [3.05, 3.63) is 47.8 Å². The third kappa shape index (κ3) is 3.07. The number of pyridine rings is 1. The first kappa shape index (κ1) is 15.6. The number of methoxy groups -OCH3 is 1. The van der Waals surface area contributed by atoms with E-state index in [2.05, 4.69) is 10.1 Å². The molecular weight excluding hydrogens is 318 g/mol. The van der Waals surface area contributed by atoms with Crippen LogP contribution in [0.4, 0.5) is 0 Å². The van der Waals surface area contributed by atoms with E-state index in [1.165, 1.54) is 0 Å². The Bertz CT molecular complexity index is 927. The number of benzene rings is 1. The first-order valence-electron chi connectivity index (χ1n) is 8.40. The van der Waals surface area contributed by atoms with Gasteiger partial charge in [0.1, 0.15) is 0 Å². The Balaban J connectivity index is 1.72. The highest BCUT2D eigenvalue weighted by atomic mass is 16.5. The number of carbonyl (C=O) groups is 1. The highest BCUT2D eigenvalue weighted by molar-refractivity contribution is 5.68. The molecule has 1 fully saturated rings. The van der Waals surface area contributed by atoms with Crippen molar-refractivity contribution < 1.29 is 14.6 Å². The van der Waals surface area contributed by atoms with Crippen molar-refractivity contribution in [3.8, 4) is 17.0 Å². The fraction of sp³-hybridized carbons (Fsp3) is 0.316. The molecule has 1 saturated carbocycles. The van der Waals surface area contributed by atoms with Crippen molar-refractivity contribution >= 4 is 11.6 Å². The number of hydrogen-bond donors (Lipinski definition) is 1. The van der Waals surface area contributed by atoms with Crippen LogP contribution < -0.4 is 4.74 Å². The number of rotatable bonds is 6. The Labute approximate surface area is 145 Å². The minimum atomic E-state index is -0.781. The van der Waals surface area contributed by atoms with Gasteiger partial charge in [-0.3, -0.25) is 4.79 Å². The molecule has 0 atom stereocenters. The maximum atomic E-state index is 10.7. The van der Waals surface area contributed by atoms with Crippen LogP contribution in [0.5, 0.6) is 5.75 Å². The zero-order valence-electron chi connectivity index (χ0n) is 14.0. The summed E-state index contributed by atoms with van der Waals surface area (Å²) in [6, 6.07) is 11.8. The van der Waals surface area contributed by atoms with Gasteiger partial charge in [0, 0.05) is 17.9 Å². The number of fused-ring (bicyclic) bond motifs is 1. The molecule has 0 unspecified atom stereocenters. The summed E-state index contributed by atoms with van der Waals surface area (Å²) in [6.45, 7) is 0. The quantitative estimate of drug-likeness (QED) is 0.747. The van der Waals surface area contributed by atoms with Gasteiger partial charge in [0.05, 0.1) is 12.8 Å². The average Bonchev–Trinajstić information content (AvgIpc) is 3.38. The molecule has 0 amide bonds. The third-order valence-electron chi connectivity index (χ3n) is 4.50. The van der Waals surface area contributed by atoms with Crippen LogP contribution >= 0.6 is 0 Å². The van der Waals surface area contributed by atoms with Crippen LogP contribution in [0.3, 0.4) is 0 Å². The van der Waals surface area contributed by atoms with Crippen molar-refractivity contribution in [3.63, 3.8) is 0 Å². The van der Waals surface area contributed by atoms with Crippen molar-refractivity contribution in [1.82, 2.24) is 14.6 Å². The maximum Gasteiger partial charge on any atom is 0.303 e. The molecule has 6 heteroatoms. The lowest BCUT2D eigenvalue weighted by atomic mass is 10.1. The second kappa shape index (κ2) is 6.20. The van der Waals surface area contributed by atoms with Crippen LogP contribution in [0.1, 0.15) is 36.6 Å². The molecule has 2 aromatic heterocycles. The minimum Gasteiger partial charge on any atom is -0.493 e. The van der Waals surface area contributed by atoms with Gasteiger partial charge in [-0.25, -0.2) is 9.50 Å². The number of carboxylic acids is 1. The summed E-state index contributed by atoms with van der Waals surface area (Å²) in [5.41, 5.74) is 3.70. The lowest BCUT2D eigenvalue weighted by Gasteiger charge is -2.08. The Kier molecular flexibility index (Phi) is 3.87. The van der Waals surface area contributed by atoms with Gasteiger partial charge in [0.2, 0.25) is 0 Å². The molecule has 2 heterocycles. The highest BCUT2D eigenvalue weighted by Gasteiger charge is 2.29. The van der Waals surface area contributed by atoms with Crippen LogP contribution in [-0.2, 0) is 11.2 Å². The van der Waals surface area contributed by atoms with Crippen molar-refractivity contribution in [2.45, 2.75) is 31.6 Å². The lowest BCUT2D eigenvalue weighted by Crippen LogP contribution is -1.99. The number of aromatic nitrogens is 3. The Morgan fingerprint density at radius 2 is 2.00 bits per heavy atom. The smallest absolute Gasteiger partial charge is 0.303 e. The van der Waals surface area contributed by atoms with E-state index in [-0.39, 0.29) is 6.42 Å². The van der Waals surface area contributed by atoms with Gasteiger partial charge >= 0.3 is 5.97 Å². The van der Waals surface area contributed by atoms with E-state index in [1.807, 2.05) is 40.9 Å². The average molecular weight is 337 g/mol. The molecule has 4 rings (SSSR count). The molecule has 1 N–H and O–H groups in total. The predicted molar refractivity (Wildman–Crippen MR) is 92.9 cm³/mol. The fourth-order valence-corrected chi connectivity index (χ4v) is 2.94. The molecule has 1 aliphatic carbocycles. The first-order chi connectivity index (χ1) is 12.2. The number of nitrogens with zero attached hydrogens (tertiary/aromatic N) is 3. The number of carboxylic acid groups (broad SMARTS) is 1. The summed E-state index contributed by atoms with van der Waals surface area (Å²) in [5.74, 6) is 1.28. The summed E-state index contributed by atoms with van der Waals surface area (Å²) in [6.07, 6.45) is 2.96. The second-order valence-electron chi connectivity index (χ2n) is 6.36. The van der Waals surface area contributed by atoms with Gasteiger partial charge < -0.3 is 9.84 Å². The van der Waals surface area contributed by atoms with Gasteiger partial charge in [-0.15, -0.1) is 0 Å². The second-order valence-corrected chi connectivity index (χ2v) is 6.36. The van der Waals surface area contributed by atoms with E-state index in [1.54, 1.807) is 7.11 Å². The van der Waals surface area contributed by atoms with Gasteiger partial charge in [0.25, 0.3) is 0 Å². The zero-order chi connectivity index (χ0) is 17.4. The van der Waals surface area contributed by atoms with Gasteiger partial charge in [0.15, 0.2) is 17.2 Å². The summed E-state index contributed by atoms with van der Waals surface area (Å²) < 4.78 is 7.27. The van der Waals surface area contributed by atoms with Gasteiger partial charge in [-0.1, -0.05) is 24.3 Å². The molecule has 0 aliphatic heterocycles. The van der Waals surface area contributed by atoms with Gasteiger partial charge in [-0.05, 0) is 37.0 Å². The van der Waals surface area contributed by atoms with E-state index < -0.39 is 5.97 Å². The number of hydrogen-bond acceptors (Lipinski definition) is 4. The molecule has 0 spiro atoms.